The Labute approximate surface area is 93.5 Å². The van der Waals surface area contributed by atoms with Crippen LogP contribution in [0.4, 0.5) is 5.69 Å². The second-order valence-corrected chi connectivity index (χ2v) is 4.97. The first-order valence-electron chi connectivity index (χ1n) is 4.28. The molecule has 0 bridgehead atoms. The molecule has 16 heavy (non-hydrogen) atoms. The predicted octanol–water partition coefficient (Wildman–Crippen LogP) is -0.179. The van der Waals surface area contributed by atoms with Crippen molar-refractivity contribution in [2.75, 3.05) is 11.0 Å². The van der Waals surface area contributed by atoms with Crippen LogP contribution in [0.15, 0.2) is 30.8 Å². The smallest absolute Gasteiger partial charge is 0.229 e. The minimum absolute atomic E-state index is 0.147. The maximum atomic E-state index is 10.9. The Balaban J connectivity index is 2.92. The average Bonchev–Trinajstić information content (AvgIpc) is 2.15. The molecule has 5 nitrogen and oxygen atoms in total. The Hall–Kier alpha value is -1.82. The number of anilines is 1. The largest absolute Gasteiger partial charge is 0.545 e. The summed E-state index contributed by atoms with van der Waals surface area (Å²) < 4.78 is 24.0. The fourth-order valence-corrected chi connectivity index (χ4v) is 1.64. The number of carbonyl (C=O) groups is 1. The number of hydrogen-bond donors (Lipinski definition) is 1. The van der Waals surface area contributed by atoms with E-state index in [4.69, 9.17) is 0 Å². The second kappa shape index (κ2) is 4.36. The summed E-state index contributed by atoms with van der Waals surface area (Å²) in [5, 5.41) is 10.5. The van der Waals surface area contributed by atoms with Crippen LogP contribution < -0.4 is 9.83 Å². The molecular weight excluding hydrogens is 230 g/mol. The van der Waals surface area contributed by atoms with Gasteiger partial charge < -0.3 is 9.90 Å². The van der Waals surface area contributed by atoms with E-state index >= 15 is 0 Å². The van der Waals surface area contributed by atoms with E-state index in [0.717, 1.165) is 6.26 Å². The summed E-state index contributed by atoms with van der Waals surface area (Å²) in [5.41, 5.74) is 0.586. The topological polar surface area (TPSA) is 86.3 Å². The molecule has 0 radical (unpaired) electrons. The van der Waals surface area contributed by atoms with Gasteiger partial charge in [-0.15, -0.1) is 0 Å². The Morgan fingerprint density at radius 1 is 1.31 bits per heavy atom. The van der Waals surface area contributed by atoms with Gasteiger partial charge in [0.05, 0.1) is 12.2 Å². The van der Waals surface area contributed by atoms with Gasteiger partial charge in [-0.1, -0.05) is 18.7 Å². The molecule has 0 saturated heterocycles. The number of aliphatic carboxylic acids is 1. The molecule has 1 aromatic carbocycles. The van der Waals surface area contributed by atoms with Gasteiger partial charge in [-0.05, 0) is 23.3 Å². The maximum Gasteiger partial charge on any atom is 0.229 e. The SMILES string of the molecule is C=C(C(=O)[O-])c1ccc(NS(C)(=O)=O)cc1. The van der Waals surface area contributed by atoms with Gasteiger partial charge in [-0.2, -0.15) is 0 Å². The quantitative estimate of drug-likeness (QED) is 0.740. The van der Waals surface area contributed by atoms with Gasteiger partial charge in [0.15, 0.2) is 0 Å². The Kier molecular flexibility index (Phi) is 3.34. The Bertz CT molecular complexity index is 516. The van der Waals surface area contributed by atoms with Crippen molar-refractivity contribution in [2.24, 2.45) is 0 Å². The summed E-state index contributed by atoms with van der Waals surface area (Å²) >= 11 is 0. The number of nitrogens with one attached hydrogen (secondary N) is 1. The van der Waals surface area contributed by atoms with Crippen LogP contribution in [0.5, 0.6) is 0 Å². The average molecular weight is 240 g/mol. The van der Waals surface area contributed by atoms with E-state index in [-0.39, 0.29) is 5.57 Å². The molecule has 0 aliphatic rings. The van der Waals surface area contributed by atoms with Crippen molar-refractivity contribution >= 4 is 27.3 Å². The second-order valence-electron chi connectivity index (χ2n) is 3.22. The Morgan fingerprint density at radius 2 is 1.81 bits per heavy atom. The van der Waals surface area contributed by atoms with E-state index in [0.29, 0.717) is 11.3 Å². The molecule has 86 valence electrons. The molecule has 1 aromatic rings. The molecule has 0 heterocycles. The first kappa shape index (κ1) is 12.3. The minimum Gasteiger partial charge on any atom is -0.545 e. The summed E-state index contributed by atoms with van der Waals surface area (Å²) in [7, 11) is -3.33. The number of carbonyl (C=O) groups excluding carboxylic acids is 1. The van der Waals surface area contributed by atoms with Crippen molar-refractivity contribution in [1.29, 1.82) is 0 Å². The van der Waals surface area contributed by atoms with Crippen LogP contribution >= 0.6 is 0 Å². The third kappa shape index (κ3) is 3.39. The summed E-state index contributed by atoms with van der Waals surface area (Å²) in [5.74, 6) is -1.36. The number of rotatable bonds is 4. The third-order valence-corrected chi connectivity index (χ3v) is 2.39. The van der Waals surface area contributed by atoms with Crippen LogP contribution in [-0.4, -0.2) is 20.6 Å². The molecule has 0 atom stereocenters. The van der Waals surface area contributed by atoms with Gasteiger partial charge in [0.2, 0.25) is 10.0 Å². The van der Waals surface area contributed by atoms with E-state index in [2.05, 4.69) is 11.3 Å². The zero-order chi connectivity index (χ0) is 12.3. The molecule has 0 unspecified atom stereocenters. The molecule has 6 heteroatoms. The van der Waals surface area contributed by atoms with Gasteiger partial charge >= 0.3 is 0 Å². The molecular formula is C10H10NO4S-. The van der Waals surface area contributed by atoms with Crippen LogP contribution in [0.3, 0.4) is 0 Å². The van der Waals surface area contributed by atoms with E-state index in [1.807, 2.05) is 0 Å². The van der Waals surface area contributed by atoms with Gasteiger partial charge in [0, 0.05) is 5.69 Å². The molecule has 1 rings (SSSR count). The van der Waals surface area contributed by atoms with E-state index in [9.17, 15) is 18.3 Å². The molecule has 0 amide bonds. The number of hydrogen-bond acceptors (Lipinski definition) is 4. The summed E-state index contributed by atoms with van der Waals surface area (Å²) in [6.45, 7) is 3.33. The lowest BCUT2D eigenvalue weighted by Crippen LogP contribution is -2.22. The van der Waals surface area contributed by atoms with Crippen LogP contribution in [0.2, 0.25) is 0 Å². The summed E-state index contributed by atoms with van der Waals surface area (Å²) in [6.07, 6.45) is 1.03. The van der Waals surface area contributed by atoms with Crippen molar-refractivity contribution in [3.8, 4) is 0 Å². The van der Waals surface area contributed by atoms with Crippen molar-refractivity contribution in [1.82, 2.24) is 0 Å². The minimum atomic E-state index is -3.33. The standard InChI is InChI=1S/C10H11NO4S/c1-7(10(12)13)8-3-5-9(6-4-8)11-16(2,14)15/h3-6,11H,1H2,2H3,(H,12,13)/p-1. The normalized spacial score (nSPS) is 10.8. The highest BCUT2D eigenvalue weighted by molar-refractivity contribution is 7.92. The molecule has 0 aliphatic heterocycles. The van der Waals surface area contributed by atoms with Crippen molar-refractivity contribution < 1.29 is 18.3 Å². The third-order valence-electron chi connectivity index (χ3n) is 1.78. The van der Waals surface area contributed by atoms with Crippen molar-refractivity contribution in [2.45, 2.75) is 0 Å². The predicted molar refractivity (Wildman–Crippen MR) is 58.9 cm³/mol. The first-order chi connectivity index (χ1) is 7.29. The van der Waals surface area contributed by atoms with Crippen molar-refractivity contribution in [3.05, 3.63) is 36.4 Å². The zero-order valence-electron chi connectivity index (χ0n) is 8.56. The molecule has 1 N–H and O–H groups in total. The highest BCUT2D eigenvalue weighted by atomic mass is 32.2. The highest BCUT2D eigenvalue weighted by Crippen LogP contribution is 2.16. The summed E-state index contributed by atoms with van der Waals surface area (Å²) in [4.78, 5) is 10.5. The molecule has 0 aromatic heterocycles. The fourth-order valence-electron chi connectivity index (χ4n) is 1.07. The highest BCUT2D eigenvalue weighted by Gasteiger charge is 2.03. The van der Waals surface area contributed by atoms with Gasteiger partial charge in [0.1, 0.15) is 0 Å². The number of carboxylic acids is 1. The fraction of sp³-hybridized carbons (Fsp3) is 0.100. The van der Waals surface area contributed by atoms with Gasteiger partial charge in [-0.25, -0.2) is 8.42 Å². The van der Waals surface area contributed by atoms with E-state index in [1.165, 1.54) is 24.3 Å². The van der Waals surface area contributed by atoms with Gasteiger partial charge in [-0.3, -0.25) is 4.72 Å². The maximum absolute atomic E-state index is 10.9. The lowest BCUT2D eigenvalue weighted by Gasteiger charge is -2.08. The van der Waals surface area contributed by atoms with Crippen molar-refractivity contribution in [3.63, 3.8) is 0 Å². The zero-order valence-corrected chi connectivity index (χ0v) is 9.37. The first-order valence-corrected chi connectivity index (χ1v) is 6.17. The van der Waals surface area contributed by atoms with Crippen LogP contribution in [0.25, 0.3) is 5.57 Å². The van der Waals surface area contributed by atoms with Crippen LogP contribution in [-0.2, 0) is 14.8 Å². The molecule has 0 spiro atoms. The van der Waals surface area contributed by atoms with Crippen LogP contribution in [0, 0.1) is 0 Å². The van der Waals surface area contributed by atoms with Crippen LogP contribution in [0.1, 0.15) is 5.56 Å². The summed E-state index contributed by atoms with van der Waals surface area (Å²) in [6, 6.07) is 5.80. The van der Waals surface area contributed by atoms with E-state index in [1.54, 1.807) is 0 Å². The van der Waals surface area contributed by atoms with E-state index < -0.39 is 16.0 Å². The molecule has 0 fully saturated rings. The lowest BCUT2D eigenvalue weighted by atomic mass is 10.1. The Morgan fingerprint density at radius 3 is 2.19 bits per heavy atom. The monoisotopic (exact) mass is 240 g/mol. The number of benzene rings is 1. The molecule has 0 saturated carbocycles. The lowest BCUT2D eigenvalue weighted by molar-refractivity contribution is -0.295. The number of sulfonamides is 1. The van der Waals surface area contributed by atoms with Gasteiger partial charge in [0.25, 0.3) is 0 Å². The number of carboxylic acid groups (broad SMARTS) is 1. The molecule has 0 aliphatic carbocycles.